The maximum Gasteiger partial charge on any atom is 0.307 e. The van der Waals surface area contributed by atoms with Crippen molar-refractivity contribution in [2.75, 3.05) is 19.7 Å². The fraction of sp³-hybridized carbons (Fsp3) is 0.733. The van der Waals surface area contributed by atoms with Crippen LogP contribution in [0.5, 0.6) is 0 Å². The minimum absolute atomic E-state index is 0.0943. The molecule has 1 aliphatic heterocycles. The zero-order valence-electron chi connectivity index (χ0n) is 12.5. The number of esters is 1. The molecule has 20 heavy (non-hydrogen) atoms. The first-order valence-electron chi connectivity index (χ1n) is 7.66. The lowest BCUT2D eigenvalue weighted by atomic mass is 10.0. The van der Waals surface area contributed by atoms with Gasteiger partial charge in [-0.1, -0.05) is 6.42 Å². The van der Waals surface area contributed by atoms with Gasteiger partial charge in [-0.15, -0.1) is 0 Å². The average molecular weight is 279 g/mol. The molecule has 0 bridgehead atoms. The van der Waals surface area contributed by atoms with E-state index in [9.17, 15) is 4.79 Å². The lowest BCUT2D eigenvalue weighted by Crippen LogP contribution is -2.36. The molecule has 2 rings (SSSR count). The highest BCUT2D eigenvalue weighted by molar-refractivity contribution is 5.70. The molecule has 0 aromatic carbocycles. The minimum Gasteiger partial charge on any atom is -0.466 e. The Hall–Kier alpha value is -1.36. The van der Waals surface area contributed by atoms with Crippen LogP contribution in [0.15, 0.2) is 12.5 Å². The molecule has 1 aromatic rings. The summed E-state index contributed by atoms with van der Waals surface area (Å²) < 4.78 is 7.26. The van der Waals surface area contributed by atoms with Crippen LogP contribution in [0, 0.1) is 0 Å². The van der Waals surface area contributed by atoms with Crippen molar-refractivity contribution in [3.05, 3.63) is 18.2 Å². The summed E-state index contributed by atoms with van der Waals surface area (Å²) in [5.41, 5.74) is 1.13. The molecule has 1 aliphatic rings. The van der Waals surface area contributed by atoms with Gasteiger partial charge in [0.1, 0.15) is 0 Å². The smallest absolute Gasteiger partial charge is 0.307 e. The standard InChI is InChI=1S/C15H25N3O2/c1-3-17-12-16-11-14(17)13(10-15(19)20-4-2)18-8-6-5-7-9-18/h11-13H,3-10H2,1-2H3. The lowest BCUT2D eigenvalue weighted by Gasteiger charge is -2.34. The van der Waals surface area contributed by atoms with E-state index in [1.807, 2.05) is 19.4 Å². The van der Waals surface area contributed by atoms with Crippen molar-refractivity contribution >= 4 is 5.97 Å². The van der Waals surface area contributed by atoms with Crippen LogP contribution in [0.3, 0.4) is 0 Å². The second-order valence-electron chi connectivity index (χ2n) is 5.23. The van der Waals surface area contributed by atoms with Gasteiger partial charge in [0.15, 0.2) is 0 Å². The van der Waals surface area contributed by atoms with E-state index < -0.39 is 0 Å². The Kier molecular flexibility index (Phi) is 5.59. The number of hydrogen-bond donors (Lipinski definition) is 0. The van der Waals surface area contributed by atoms with Crippen molar-refractivity contribution in [3.8, 4) is 0 Å². The number of carbonyl (C=O) groups excluding carboxylic acids is 1. The van der Waals surface area contributed by atoms with Crippen LogP contribution in [-0.2, 0) is 16.1 Å². The fourth-order valence-electron chi connectivity index (χ4n) is 2.90. The molecule has 0 radical (unpaired) electrons. The highest BCUT2D eigenvalue weighted by Crippen LogP contribution is 2.28. The summed E-state index contributed by atoms with van der Waals surface area (Å²) in [4.78, 5) is 18.6. The quantitative estimate of drug-likeness (QED) is 0.750. The van der Waals surface area contributed by atoms with Gasteiger partial charge >= 0.3 is 5.97 Å². The highest BCUT2D eigenvalue weighted by atomic mass is 16.5. The van der Waals surface area contributed by atoms with Crippen molar-refractivity contribution in [2.24, 2.45) is 0 Å². The molecule has 1 unspecified atom stereocenters. The number of aromatic nitrogens is 2. The Morgan fingerprint density at radius 3 is 2.75 bits per heavy atom. The van der Waals surface area contributed by atoms with Gasteiger partial charge in [-0.3, -0.25) is 9.69 Å². The van der Waals surface area contributed by atoms with Gasteiger partial charge in [0.05, 0.1) is 31.1 Å². The van der Waals surface area contributed by atoms with Crippen molar-refractivity contribution in [1.29, 1.82) is 0 Å². The summed E-state index contributed by atoms with van der Waals surface area (Å²) in [5.74, 6) is -0.119. The van der Waals surface area contributed by atoms with E-state index in [0.29, 0.717) is 13.0 Å². The number of nitrogens with zero attached hydrogens (tertiary/aromatic N) is 3. The van der Waals surface area contributed by atoms with E-state index >= 15 is 0 Å². The number of likely N-dealkylation sites (tertiary alicyclic amines) is 1. The van der Waals surface area contributed by atoms with E-state index in [1.54, 1.807) is 0 Å². The van der Waals surface area contributed by atoms with Gasteiger partial charge in [-0.25, -0.2) is 4.98 Å². The molecule has 0 N–H and O–H groups in total. The molecule has 0 spiro atoms. The lowest BCUT2D eigenvalue weighted by molar-refractivity contribution is -0.144. The van der Waals surface area contributed by atoms with E-state index in [0.717, 1.165) is 25.3 Å². The van der Waals surface area contributed by atoms with Crippen LogP contribution < -0.4 is 0 Å². The summed E-state index contributed by atoms with van der Waals surface area (Å²) in [5, 5.41) is 0. The fourth-order valence-corrected chi connectivity index (χ4v) is 2.90. The molecule has 1 atom stereocenters. The van der Waals surface area contributed by atoms with Crippen LogP contribution in [-0.4, -0.2) is 40.1 Å². The van der Waals surface area contributed by atoms with E-state index in [1.165, 1.54) is 19.3 Å². The maximum atomic E-state index is 11.9. The molecule has 1 fully saturated rings. The molecule has 0 saturated carbocycles. The van der Waals surface area contributed by atoms with Crippen molar-refractivity contribution in [1.82, 2.24) is 14.5 Å². The highest BCUT2D eigenvalue weighted by Gasteiger charge is 2.27. The predicted octanol–water partition coefficient (Wildman–Crippen LogP) is 2.38. The van der Waals surface area contributed by atoms with Gasteiger partial charge in [0, 0.05) is 12.7 Å². The number of aryl methyl sites for hydroxylation is 1. The summed E-state index contributed by atoms with van der Waals surface area (Å²) >= 11 is 0. The summed E-state index contributed by atoms with van der Waals surface area (Å²) in [6.45, 7) is 7.38. The van der Waals surface area contributed by atoms with Crippen LogP contribution in [0.25, 0.3) is 0 Å². The monoisotopic (exact) mass is 279 g/mol. The second-order valence-corrected chi connectivity index (χ2v) is 5.23. The predicted molar refractivity (Wildman–Crippen MR) is 77.3 cm³/mol. The molecule has 0 aliphatic carbocycles. The van der Waals surface area contributed by atoms with Crippen LogP contribution in [0.1, 0.15) is 51.3 Å². The molecular formula is C15H25N3O2. The first kappa shape index (κ1) is 15.0. The number of rotatable bonds is 6. The van der Waals surface area contributed by atoms with Gasteiger partial charge in [-0.2, -0.15) is 0 Å². The van der Waals surface area contributed by atoms with Gasteiger partial charge in [-0.05, 0) is 39.8 Å². The van der Waals surface area contributed by atoms with E-state index in [2.05, 4.69) is 21.4 Å². The van der Waals surface area contributed by atoms with Gasteiger partial charge < -0.3 is 9.30 Å². The third-order valence-electron chi connectivity index (χ3n) is 3.92. The van der Waals surface area contributed by atoms with Crippen molar-refractivity contribution < 1.29 is 9.53 Å². The van der Waals surface area contributed by atoms with E-state index in [-0.39, 0.29) is 12.0 Å². The summed E-state index contributed by atoms with van der Waals surface area (Å²) in [6.07, 6.45) is 7.85. The average Bonchev–Trinajstić information content (AvgIpc) is 2.94. The number of hydrogen-bond acceptors (Lipinski definition) is 4. The third-order valence-corrected chi connectivity index (χ3v) is 3.92. The number of ether oxygens (including phenoxy) is 1. The first-order chi connectivity index (χ1) is 9.76. The summed E-state index contributed by atoms with van der Waals surface area (Å²) in [6, 6.07) is 0.0943. The Morgan fingerprint density at radius 2 is 2.10 bits per heavy atom. The topological polar surface area (TPSA) is 47.4 Å². The molecule has 1 aromatic heterocycles. The van der Waals surface area contributed by atoms with E-state index in [4.69, 9.17) is 4.74 Å². The maximum absolute atomic E-state index is 11.9. The Morgan fingerprint density at radius 1 is 1.35 bits per heavy atom. The number of piperidine rings is 1. The number of carbonyl (C=O) groups is 1. The SMILES string of the molecule is CCOC(=O)CC(c1cncn1CC)N1CCCCC1. The zero-order chi connectivity index (χ0) is 14.4. The normalized spacial score (nSPS) is 17.9. The van der Waals surface area contributed by atoms with Gasteiger partial charge in [0.2, 0.25) is 0 Å². The van der Waals surface area contributed by atoms with Crippen molar-refractivity contribution in [3.63, 3.8) is 0 Å². The van der Waals surface area contributed by atoms with Crippen LogP contribution in [0.4, 0.5) is 0 Å². The Balaban J connectivity index is 2.16. The second kappa shape index (κ2) is 7.43. The Bertz CT molecular complexity index is 425. The molecule has 0 amide bonds. The van der Waals surface area contributed by atoms with Crippen LogP contribution >= 0.6 is 0 Å². The summed E-state index contributed by atoms with van der Waals surface area (Å²) in [7, 11) is 0. The molecule has 112 valence electrons. The minimum atomic E-state index is -0.119. The molecular weight excluding hydrogens is 254 g/mol. The molecule has 5 heteroatoms. The zero-order valence-corrected chi connectivity index (χ0v) is 12.5. The van der Waals surface area contributed by atoms with Crippen molar-refractivity contribution in [2.45, 2.75) is 52.1 Å². The van der Waals surface area contributed by atoms with Gasteiger partial charge in [0.25, 0.3) is 0 Å². The molecule has 1 saturated heterocycles. The first-order valence-corrected chi connectivity index (χ1v) is 7.66. The Labute approximate surface area is 120 Å². The largest absolute Gasteiger partial charge is 0.466 e. The van der Waals surface area contributed by atoms with Crippen LogP contribution in [0.2, 0.25) is 0 Å². The number of imidazole rings is 1. The molecule has 5 nitrogen and oxygen atoms in total. The third kappa shape index (κ3) is 3.60. The molecule has 2 heterocycles.